The molecule has 0 bridgehead atoms. The summed E-state index contributed by atoms with van der Waals surface area (Å²) in [6.45, 7) is 2.00. The van der Waals surface area contributed by atoms with Gasteiger partial charge in [-0.05, 0) is 42.0 Å². The highest BCUT2D eigenvalue weighted by molar-refractivity contribution is 5.95. The highest BCUT2D eigenvalue weighted by atomic mass is 19.1. The molecule has 0 saturated carbocycles. The van der Waals surface area contributed by atoms with Crippen LogP contribution in [-0.4, -0.2) is 70.4 Å². The minimum Gasteiger partial charge on any atom is -0.490 e. The lowest BCUT2D eigenvalue weighted by Gasteiger charge is -2.40. The van der Waals surface area contributed by atoms with Gasteiger partial charge in [-0.1, -0.05) is 6.07 Å². The molecule has 0 spiro atoms. The molecule has 1 aromatic carbocycles. The van der Waals surface area contributed by atoms with Gasteiger partial charge in [0.2, 0.25) is 11.9 Å². The Morgan fingerprint density at radius 2 is 1.97 bits per heavy atom. The van der Waals surface area contributed by atoms with Crippen LogP contribution < -0.4 is 10.1 Å². The number of hydrogen-bond acceptors (Lipinski definition) is 6. The average Bonchev–Trinajstić information content (AvgIpc) is 2.90. The maximum atomic E-state index is 14.1. The second kappa shape index (κ2) is 8.95. The summed E-state index contributed by atoms with van der Waals surface area (Å²) in [5, 5.41) is 2.89. The van der Waals surface area contributed by atoms with E-state index in [4.69, 9.17) is 4.74 Å². The molecular weight excluding hydrogens is 425 g/mol. The summed E-state index contributed by atoms with van der Waals surface area (Å²) in [4.78, 5) is 37.1. The third-order valence-corrected chi connectivity index (χ3v) is 5.92. The molecule has 2 aliphatic heterocycles. The summed E-state index contributed by atoms with van der Waals surface area (Å²) in [6.07, 6.45) is 4.58. The summed E-state index contributed by atoms with van der Waals surface area (Å²) in [7, 11) is 0. The Morgan fingerprint density at radius 3 is 2.79 bits per heavy atom. The number of piperazine rings is 1. The van der Waals surface area contributed by atoms with Gasteiger partial charge in [0.1, 0.15) is 12.4 Å². The van der Waals surface area contributed by atoms with E-state index < -0.39 is 5.95 Å². The monoisotopic (exact) mass is 447 g/mol. The maximum Gasteiger partial charge on any atom is 0.254 e. The van der Waals surface area contributed by atoms with E-state index in [0.29, 0.717) is 54.4 Å². The van der Waals surface area contributed by atoms with Crippen LogP contribution in [0.25, 0.3) is 11.1 Å². The third kappa shape index (κ3) is 4.40. The zero-order valence-corrected chi connectivity index (χ0v) is 17.8. The highest BCUT2D eigenvalue weighted by Gasteiger charge is 2.33. The maximum absolute atomic E-state index is 14.1. The van der Waals surface area contributed by atoms with Crippen molar-refractivity contribution in [2.45, 2.75) is 6.04 Å². The van der Waals surface area contributed by atoms with Crippen LogP contribution in [0.15, 0.2) is 61.1 Å². The fourth-order valence-electron chi connectivity index (χ4n) is 4.20. The molecule has 2 amide bonds. The summed E-state index contributed by atoms with van der Waals surface area (Å²) in [6, 6.07) is 11.7. The topological polar surface area (TPSA) is 87.7 Å². The lowest BCUT2D eigenvalue weighted by atomic mass is 10.1. The minimum absolute atomic E-state index is 0.0649. The molecule has 2 aromatic heterocycles. The van der Waals surface area contributed by atoms with Crippen LogP contribution in [0.5, 0.6) is 5.75 Å². The Labute approximate surface area is 190 Å². The van der Waals surface area contributed by atoms with Gasteiger partial charge in [0, 0.05) is 49.4 Å². The predicted molar refractivity (Wildman–Crippen MR) is 119 cm³/mol. The first-order chi connectivity index (χ1) is 16.1. The average molecular weight is 447 g/mol. The quantitative estimate of drug-likeness (QED) is 0.608. The Bertz CT molecular complexity index is 1190. The lowest BCUT2D eigenvalue weighted by molar-refractivity contribution is -0.118. The summed E-state index contributed by atoms with van der Waals surface area (Å²) < 4.78 is 20.2. The number of carbonyl (C=O) groups is 2. The van der Waals surface area contributed by atoms with E-state index in [2.05, 4.69) is 15.3 Å². The van der Waals surface area contributed by atoms with Gasteiger partial charge in [-0.15, -0.1) is 0 Å². The van der Waals surface area contributed by atoms with Crippen LogP contribution in [0.1, 0.15) is 10.4 Å². The highest BCUT2D eigenvalue weighted by Crippen LogP contribution is 2.32. The van der Waals surface area contributed by atoms with Crippen molar-refractivity contribution in [2.24, 2.45) is 0 Å². The number of nitrogens with zero attached hydrogens (tertiary/aromatic N) is 4. The second-order valence-electron chi connectivity index (χ2n) is 8.02. The van der Waals surface area contributed by atoms with E-state index >= 15 is 0 Å². The first kappa shape index (κ1) is 21.0. The van der Waals surface area contributed by atoms with E-state index in [1.165, 1.54) is 6.20 Å². The van der Waals surface area contributed by atoms with Crippen molar-refractivity contribution in [3.63, 3.8) is 0 Å². The van der Waals surface area contributed by atoms with Crippen molar-refractivity contribution < 1.29 is 18.7 Å². The van der Waals surface area contributed by atoms with Crippen molar-refractivity contribution in [3.8, 4) is 16.9 Å². The van der Waals surface area contributed by atoms with E-state index in [1.54, 1.807) is 59.8 Å². The van der Waals surface area contributed by atoms with E-state index in [-0.39, 0.29) is 24.4 Å². The van der Waals surface area contributed by atoms with Gasteiger partial charge in [-0.3, -0.25) is 19.5 Å². The number of hydrogen-bond donors (Lipinski definition) is 1. The van der Waals surface area contributed by atoms with Crippen LogP contribution in [0.2, 0.25) is 0 Å². The van der Waals surface area contributed by atoms with Crippen molar-refractivity contribution in [1.29, 1.82) is 0 Å². The number of pyridine rings is 2. The zero-order chi connectivity index (χ0) is 22.8. The van der Waals surface area contributed by atoms with Crippen molar-refractivity contribution in [3.05, 3.63) is 72.6 Å². The van der Waals surface area contributed by atoms with Gasteiger partial charge in [-0.25, -0.2) is 4.98 Å². The number of amides is 2. The molecular formula is C24H22FN5O3. The number of aromatic nitrogens is 2. The van der Waals surface area contributed by atoms with Crippen LogP contribution in [0.3, 0.4) is 0 Å². The number of rotatable bonds is 2. The summed E-state index contributed by atoms with van der Waals surface area (Å²) in [5.74, 6) is -0.339. The number of nitrogens with one attached hydrogen (secondary N) is 1. The molecule has 2 aliphatic rings. The molecule has 3 aromatic rings. The molecule has 33 heavy (non-hydrogen) atoms. The van der Waals surface area contributed by atoms with Crippen LogP contribution >= 0.6 is 0 Å². The van der Waals surface area contributed by atoms with Crippen molar-refractivity contribution >= 4 is 17.5 Å². The molecule has 1 fully saturated rings. The van der Waals surface area contributed by atoms with Gasteiger partial charge in [-0.2, -0.15) is 4.39 Å². The number of ether oxygens (including phenoxy) is 1. The number of benzene rings is 1. The molecule has 0 radical (unpaired) electrons. The number of carbonyl (C=O) groups excluding carboxylic acids is 2. The van der Waals surface area contributed by atoms with E-state index in [0.717, 1.165) is 0 Å². The molecule has 4 heterocycles. The SMILES string of the molecule is O=C1CN2CCN(C(=O)c3ccncc3)C[C@@H]2COc2ccc(-c3cccnc3F)cc2N1. The molecule has 5 rings (SSSR count). The Hall–Kier alpha value is -3.85. The molecule has 0 unspecified atom stereocenters. The van der Waals surface area contributed by atoms with Gasteiger partial charge in [0.15, 0.2) is 0 Å². The van der Waals surface area contributed by atoms with Crippen molar-refractivity contribution in [1.82, 2.24) is 19.8 Å². The van der Waals surface area contributed by atoms with Crippen molar-refractivity contribution in [2.75, 3.05) is 38.1 Å². The largest absolute Gasteiger partial charge is 0.490 e. The predicted octanol–water partition coefficient (Wildman–Crippen LogP) is 2.44. The fraction of sp³-hybridized carbons (Fsp3) is 0.250. The molecule has 168 valence electrons. The first-order valence-corrected chi connectivity index (χ1v) is 10.7. The Balaban J connectivity index is 1.37. The fourth-order valence-corrected chi connectivity index (χ4v) is 4.20. The van der Waals surface area contributed by atoms with Gasteiger partial charge >= 0.3 is 0 Å². The van der Waals surface area contributed by atoms with Crippen LogP contribution in [0.4, 0.5) is 10.1 Å². The summed E-state index contributed by atoms with van der Waals surface area (Å²) in [5.41, 5.74) is 2.00. The number of anilines is 1. The zero-order valence-electron chi connectivity index (χ0n) is 17.8. The number of halogens is 1. The minimum atomic E-state index is -0.580. The Kier molecular flexibility index (Phi) is 5.70. The van der Waals surface area contributed by atoms with Gasteiger partial charge in [0.25, 0.3) is 5.91 Å². The molecule has 1 saturated heterocycles. The molecule has 1 N–H and O–H groups in total. The van der Waals surface area contributed by atoms with Crippen LogP contribution in [0, 0.1) is 5.95 Å². The van der Waals surface area contributed by atoms with Gasteiger partial charge in [0.05, 0.1) is 18.3 Å². The molecule has 1 atom stereocenters. The normalized spacial score (nSPS) is 18.6. The van der Waals surface area contributed by atoms with Crippen LogP contribution in [-0.2, 0) is 4.79 Å². The molecule has 8 nitrogen and oxygen atoms in total. The molecule has 0 aliphatic carbocycles. The Morgan fingerprint density at radius 1 is 1.12 bits per heavy atom. The third-order valence-electron chi connectivity index (χ3n) is 5.92. The van der Waals surface area contributed by atoms with E-state index in [1.807, 2.05) is 4.90 Å². The smallest absolute Gasteiger partial charge is 0.254 e. The lowest BCUT2D eigenvalue weighted by Crippen LogP contribution is -2.57. The standard InChI is InChI=1S/C24H22FN5O3/c25-23-19(2-1-7-27-23)17-3-4-21-20(12-17)28-22(31)14-29-10-11-30(13-18(29)15-33-21)24(32)16-5-8-26-9-6-16/h1-9,12,18H,10-11,13-15H2,(H,28,31)/t18-/m1/s1. The summed E-state index contributed by atoms with van der Waals surface area (Å²) >= 11 is 0. The van der Waals surface area contributed by atoms with Gasteiger partial charge < -0.3 is 15.0 Å². The second-order valence-corrected chi connectivity index (χ2v) is 8.02. The number of fused-ring (bicyclic) bond motifs is 2. The first-order valence-electron chi connectivity index (χ1n) is 10.7. The van der Waals surface area contributed by atoms with E-state index in [9.17, 15) is 14.0 Å². The molecule has 9 heteroatoms.